The molecule has 2 aromatic heterocycles. The van der Waals surface area contributed by atoms with Crippen LogP contribution in [-0.2, 0) is 4.74 Å². The summed E-state index contributed by atoms with van der Waals surface area (Å²) in [6, 6.07) is 0.552. The van der Waals surface area contributed by atoms with E-state index >= 15 is 0 Å². The van der Waals surface area contributed by atoms with Crippen molar-refractivity contribution in [1.82, 2.24) is 20.1 Å². The lowest BCUT2D eigenvalue weighted by molar-refractivity contribution is 0.0206. The Hall–Kier alpha value is -1.93. The summed E-state index contributed by atoms with van der Waals surface area (Å²) in [6.07, 6.45) is 4.04. The lowest BCUT2D eigenvalue weighted by Crippen LogP contribution is -2.47. The zero-order valence-corrected chi connectivity index (χ0v) is 15.3. The summed E-state index contributed by atoms with van der Waals surface area (Å²) in [4.78, 5) is 14.4. The summed E-state index contributed by atoms with van der Waals surface area (Å²) in [5.41, 5.74) is 0. The molecule has 2 aromatic rings. The van der Waals surface area contributed by atoms with Crippen LogP contribution >= 0.6 is 11.6 Å². The molecule has 1 aliphatic rings. The Morgan fingerprint density at radius 3 is 2.76 bits per heavy atom. The summed E-state index contributed by atoms with van der Waals surface area (Å²) in [5.74, 6) is 1.81. The van der Waals surface area contributed by atoms with Crippen molar-refractivity contribution in [2.75, 3.05) is 31.7 Å². The van der Waals surface area contributed by atoms with Crippen LogP contribution in [0.3, 0.4) is 0 Å². The number of ether oxygens (including phenoxy) is 2. The van der Waals surface area contributed by atoms with Crippen molar-refractivity contribution in [3.63, 3.8) is 0 Å². The van der Waals surface area contributed by atoms with Crippen molar-refractivity contribution in [3.05, 3.63) is 23.5 Å². The quantitative estimate of drug-likeness (QED) is 0.720. The first-order valence-corrected chi connectivity index (χ1v) is 8.66. The predicted octanol–water partition coefficient (Wildman–Crippen LogP) is 2.56. The summed E-state index contributed by atoms with van der Waals surface area (Å²) in [5, 5.41) is 4.23. The van der Waals surface area contributed by atoms with Gasteiger partial charge in [-0.25, -0.2) is 9.97 Å². The molecule has 0 bridgehead atoms. The van der Waals surface area contributed by atoms with E-state index in [9.17, 15) is 0 Å². The van der Waals surface area contributed by atoms with Crippen LogP contribution in [-0.4, -0.2) is 53.0 Å². The zero-order valence-electron chi connectivity index (χ0n) is 14.6. The number of anilines is 1. The van der Waals surface area contributed by atoms with Crippen molar-refractivity contribution < 1.29 is 14.0 Å². The van der Waals surface area contributed by atoms with E-state index in [1.54, 1.807) is 19.5 Å². The molecule has 0 aliphatic carbocycles. The Morgan fingerprint density at radius 1 is 1.36 bits per heavy atom. The minimum atomic E-state index is 0.0105. The SMILES string of the molecule is CO[C@H]1CN(c2nc(C(C)C)no2)CC[C@H]1COc1cnc(Cl)nc1. The van der Waals surface area contributed by atoms with Gasteiger partial charge in [-0.2, -0.15) is 4.98 Å². The molecule has 3 heterocycles. The molecule has 1 fully saturated rings. The summed E-state index contributed by atoms with van der Waals surface area (Å²) in [7, 11) is 1.71. The highest BCUT2D eigenvalue weighted by Crippen LogP contribution is 2.26. The van der Waals surface area contributed by atoms with Gasteiger partial charge in [0.15, 0.2) is 11.6 Å². The van der Waals surface area contributed by atoms with Crippen molar-refractivity contribution >= 4 is 17.6 Å². The molecule has 0 radical (unpaired) electrons. The average Bonchev–Trinajstić information content (AvgIpc) is 3.11. The number of hydrogen-bond donors (Lipinski definition) is 0. The van der Waals surface area contributed by atoms with Gasteiger partial charge in [-0.3, -0.25) is 0 Å². The van der Waals surface area contributed by atoms with Gasteiger partial charge in [0.2, 0.25) is 5.28 Å². The van der Waals surface area contributed by atoms with E-state index in [0.29, 0.717) is 24.9 Å². The molecular weight excluding hydrogens is 346 g/mol. The molecule has 0 unspecified atom stereocenters. The molecule has 0 N–H and O–H groups in total. The Kier molecular flexibility index (Phi) is 5.70. The third-order valence-electron chi connectivity index (χ3n) is 4.28. The molecule has 0 aromatic carbocycles. The van der Waals surface area contributed by atoms with Gasteiger partial charge in [0.05, 0.1) is 25.1 Å². The van der Waals surface area contributed by atoms with Gasteiger partial charge < -0.3 is 18.9 Å². The second-order valence-electron chi connectivity index (χ2n) is 6.36. The van der Waals surface area contributed by atoms with Gasteiger partial charge in [-0.15, -0.1) is 0 Å². The third-order valence-corrected chi connectivity index (χ3v) is 4.47. The van der Waals surface area contributed by atoms with Crippen molar-refractivity contribution in [3.8, 4) is 5.75 Å². The van der Waals surface area contributed by atoms with Crippen LogP contribution in [0, 0.1) is 5.92 Å². The van der Waals surface area contributed by atoms with Crippen LogP contribution in [0.2, 0.25) is 5.28 Å². The van der Waals surface area contributed by atoms with E-state index in [1.807, 2.05) is 13.8 Å². The summed E-state index contributed by atoms with van der Waals surface area (Å²) < 4.78 is 16.8. The van der Waals surface area contributed by atoms with Crippen molar-refractivity contribution in [2.45, 2.75) is 32.3 Å². The van der Waals surface area contributed by atoms with E-state index < -0.39 is 0 Å². The maximum absolute atomic E-state index is 5.78. The topological polar surface area (TPSA) is 86.4 Å². The van der Waals surface area contributed by atoms with Crippen LogP contribution in [0.5, 0.6) is 5.75 Å². The first kappa shape index (κ1) is 17.9. The van der Waals surface area contributed by atoms with Gasteiger partial charge >= 0.3 is 6.01 Å². The lowest BCUT2D eigenvalue weighted by Gasteiger charge is -2.36. The minimum absolute atomic E-state index is 0.0105. The van der Waals surface area contributed by atoms with Gasteiger partial charge in [0.25, 0.3) is 0 Å². The molecule has 8 nitrogen and oxygen atoms in total. The second kappa shape index (κ2) is 7.97. The third kappa shape index (κ3) is 4.38. The Bertz CT molecular complexity index is 679. The first-order chi connectivity index (χ1) is 12.1. The highest BCUT2D eigenvalue weighted by atomic mass is 35.5. The molecule has 9 heteroatoms. The van der Waals surface area contributed by atoms with Gasteiger partial charge in [0, 0.05) is 32.0 Å². The molecule has 0 saturated carbocycles. The van der Waals surface area contributed by atoms with E-state index in [4.69, 9.17) is 25.6 Å². The zero-order chi connectivity index (χ0) is 17.8. The summed E-state index contributed by atoms with van der Waals surface area (Å²) >= 11 is 5.68. The fraction of sp³-hybridized carbons (Fsp3) is 0.625. The Balaban J connectivity index is 1.58. The number of piperidine rings is 1. The van der Waals surface area contributed by atoms with Crippen molar-refractivity contribution in [1.29, 1.82) is 0 Å². The molecule has 1 aliphatic heterocycles. The molecule has 136 valence electrons. The maximum Gasteiger partial charge on any atom is 0.324 e. The van der Waals surface area contributed by atoms with E-state index in [2.05, 4.69) is 25.0 Å². The standard InChI is InChI=1S/C16H22ClN5O3/c1-10(2)14-20-16(25-21-14)22-5-4-11(13(8-22)23-3)9-24-12-6-18-15(17)19-7-12/h6-7,10-11,13H,4-5,8-9H2,1-3H3/t11-,13-/m0/s1. The molecular formula is C16H22ClN5O3. The van der Waals surface area contributed by atoms with Crippen LogP contribution in [0.1, 0.15) is 32.0 Å². The highest BCUT2D eigenvalue weighted by Gasteiger charge is 2.32. The second-order valence-corrected chi connectivity index (χ2v) is 6.70. The fourth-order valence-electron chi connectivity index (χ4n) is 2.76. The van der Waals surface area contributed by atoms with E-state index in [-0.39, 0.29) is 23.2 Å². The number of methoxy groups -OCH3 is 1. The smallest absolute Gasteiger partial charge is 0.324 e. The highest BCUT2D eigenvalue weighted by molar-refractivity contribution is 6.28. The lowest BCUT2D eigenvalue weighted by atomic mass is 9.95. The van der Waals surface area contributed by atoms with Gasteiger partial charge in [-0.1, -0.05) is 19.0 Å². The Labute approximate surface area is 151 Å². The van der Waals surface area contributed by atoms with Crippen LogP contribution in [0.4, 0.5) is 6.01 Å². The predicted molar refractivity (Wildman–Crippen MR) is 92.0 cm³/mol. The number of nitrogens with zero attached hydrogens (tertiary/aromatic N) is 5. The molecule has 25 heavy (non-hydrogen) atoms. The normalized spacial score (nSPS) is 20.9. The summed E-state index contributed by atoms with van der Waals surface area (Å²) in [6.45, 7) is 6.10. The monoisotopic (exact) mass is 367 g/mol. The van der Waals surface area contributed by atoms with Crippen molar-refractivity contribution in [2.24, 2.45) is 5.92 Å². The Morgan fingerprint density at radius 2 is 2.12 bits per heavy atom. The van der Waals surface area contributed by atoms with E-state index in [0.717, 1.165) is 18.8 Å². The minimum Gasteiger partial charge on any atom is -0.490 e. The molecule has 2 atom stereocenters. The number of aromatic nitrogens is 4. The first-order valence-electron chi connectivity index (χ1n) is 8.28. The van der Waals surface area contributed by atoms with Crippen LogP contribution in [0.25, 0.3) is 0 Å². The van der Waals surface area contributed by atoms with Gasteiger partial charge in [-0.05, 0) is 18.0 Å². The van der Waals surface area contributed by atoms with Gasteiger partial charge in [0.1, 0.15) is 0 Å². The number of halogens is 1. The largest absolute Gasteiger partial charge is 0.490 e. The molecule has 0 amide bonds. The number of hydrogen-bond acceptors (Lipinski definition) is 8. The molecule has 0 spiro atoms. The van der Waals surface area contributed by atoms with Crippen LogP contribution in [0.15, 0.2) is 16.9 Å². The average molecular weight is 368 g/mol. The molecule has 1 saturated heterocycles. The number of rotatable bonds is 6. The fourth-order valence-corrected chi connectivity index (χ4v) is 2.86. The van der Waals surface area contributed by atoms with Crippen LogP contribution < -0.4 is 9.64 Å². The van der Waals surface area contributed by atoms with E-state index in [1.165, 1.54) is 0 Å². The maximum atomic E-state index is 5.78. The molecule has 3 rings (SSSR count).